The van der Waals surface area contributed by atoms with Crippen LogP contribution in [-0.4, -0.2) is 13.2 Å². The second kappa shape index (κ2) is 8.06. The van der Waals surface area contributed by atoms with E-state index < -0.39 is 0 Å². The van der Waals surface area contributed by atoms with Crippen LogP contribution in [0.2, 0.25) is 0 Å². The van der Waals surface area contributed by atoms with Crippen molar-refractivity contribution in [1.82, 2.24) is 5.32 Å². The van der Waals surface area contributed by atoms with E-state index in [1.165, 1.54) is 12.8 Å². The van der Waals surface area contributed by atoms with Gasteiger partial charge in [-0.15, -0.1) is 0 Å². The molecule has 3 nitrogen and oxygen atoms in total. The third kappa shape index (κ3) is 4.39. The summed E-state index contributed by atoms with van der Waals surface area (Å²) in [6.45, 7) is 1.38. The van der Waals surface area contributed by atoms with Crippen LogP contribution in [0.15, 0.2) is 48.5 Å². The SMILES string of the molecule is COc1cccc(CNC2CC2)c1OCc1ccccc1.[Cl-]. The topological polar surface area (TPSA) is 30.5 Å². The Balaban J connectivity index is 0.00000176. The van der Waals surface area contributed by atoms with Crippen molar-refractivity contribution in [3.63, 3.8) is 0 Å². The molecule has 1 N–H and O–H groups in total. The molecule has 0 atom stereocenters. The quantitative estimate of drug-likeness (QED) is 0.808. The molecule has 4 heteroatoms. The smallest absolute Gasteiger partial charge is 0.166 e. The Morgan fingerprint density at radius 1 is 1.05 bits per heavy atom. The average molecular weight is 319 g/mol. The monoisotopic (exact) mass is 318 g/mol. The molecule has 0 unspecified atom stereocenters. The van der Waals surface area contributed by atoms with E-state index >= 15 is 0 Å². The van der Waals surface area contributed by atoms with E-state index in [2.05, 4.69) is 23.5 Å². The van der Waals surface area contributed by atoms with Gasteiger partial charge in [0.1, 0.15) is 6.61 Å². The first-order valence-electron chi connectivity index (χ1n) is 7.43. The predicted octanol–water partition coefficient (Wildman–Crippen LogP) is 0.530. The van der Waals surface area contributed by atoms with Crippen molar-refractivity contribution in [2.75, 3.05) is 7.11 Å². The van der Waals surface area contributed by atoms with Gasteiger partial charge in [0.05, 0.1) is 7.11 Å². The molecule has 118 valence electrons. The van der Waals surface area contributed by atoms with E-state index in [-0.39, 0.29) is 12.4 Å². The number of nitrogens with one attached hydrogen (secondary N) is 1. The maximum Gasteiger partial charge on any atom is 0.166 e. The Morgan fingerprint density at radius 2 is 1.82 bits per heavy atom. The van der Waals surface area contributed by atoms with Gasteiger partial charge in [0.15, 0.2) is 11.5 Å². The zero-order chi connectivity index (χ0) is 14.5. The van der Waals surface area contributed by atoms with E-state index in [0.717, 1.165) is 29.2 Å². The van der Waals surface area contributed by atoms with Crippen LogP contribution < -0.4 is 27.2 Å². The number of ether oxygens (including phenoxy) is 2. The summed E-state index contributed by atoms with van der Waals surface area (Å²) in [6, 6.07) is 16.9. The Morgan fingerprint density at radius 3 is 2.50 bits per heavy atom. The molecule has 0 heterocycles. The maximum absolute atomic E-state index is 6.03. The number of hydrogen-bond donors (Lipinski definition) is 1. The lowest BCUT2D eigenvalue weighted by atomic mass is 10.1. The van der Waals surface area contributed by atoms with Gasteiger partial charge in [-0.1, -0.05) is 42.5 Å². The minimum atomic E-state index is 0. The predicted molar refractivity (Wildman–Crippen MR) is 83.6 cm³/mol. The van der Waals surface area contributed by atoms with Gasteiger partial charge in [-0.05, 0) is 24.5 Å². The Labute approximate surface area is 138 Å². The molecule has 0 spiro atoms. The summed E-state index contributed by atoms with van der Waals surface area (Å²) in [5.74, 6) is 1.64. The molecule has 1 saturated carbocycles. The Kier molecular flexibility index (Phi) is 6.10. The van der Waals surface area contributed by atoms with Crippen LogP contribution >= 0.6 is 0 Å². The van der Waals surface area contributed by atoms with Crippen molar-refractivity contribution in [2.45, 2.75) is 32.0 Å². The van der Waals surface area contributed by atoms with Gasteiger partial charge in [0, 0.05) is 18.2 Å². The Bertz CT molecular complexity index is 585. The molecular weight excluding hydrogens is 298 g/mol. The molecule has 0 amide bonds. The molecule has 0 saturated heterocycles. The lowest BCUT2D eigenvalue weighted by Crippen LogP contribution is -3.00. The van der Waals surface area contributed by atoms with Gasteiger partial charge in [-0.3, -0.25) is 0 Å². The average Bonchev–Trinajstić information content (AvgIpc) is 3.36. The molecule has 2 aromatic carbocycles. The molecule has 1 aliphatic carbocycles. The molecule has 1 aliphatic rings. The van der Waals surface area contributed by atoms with Gasteiger partial charge in [0.2, 0.25) is 0 Å². The van der Waals surface area contributed by atoms with Gasteiger partial charge in [-0.2, -0.15) is 0 Å². The summed E-state index contributed by atoms with van der Waals surface area (Å²) in [4.78, 5) is 0. The van der Waals surface area contributed by atoms with Crippen molar-refractivity contribution in [3.05, 3.63) is 59.7 Å². The highest BCUT2D eigenvalue weighted by Gasteiger charge is 2.21. The van der Waals surface area contributed by atoms with Crippen molar-refractivity contribution in [3.8, 4) is 11.5 Å². The van der Waals surface area contributed by atoms with Crippen LogP contribution in [0, 0.1) is 0 Å². The molecule has 1 fully saturated rings. The third-order valence-electron chi connectivity index (χ3n) is 3.66. The third-order valence-corrected chi connectivity index (χ3v) is 3.66. The number of methoxy groups -OCH3 is 1. The summed E-state index contributed by atoms with van der Waals surface area (Å²) >= 11 is 0. The molecule has 0 radical (unpaired) electrons. The van der Waals surface area contributed by atoms with E-state index in [9.17, 15) is 0 Å². The van der Waals surface area contributed by atoms with E-state index in [4.69, 9.17) is 9.47 Å². The van der Waals surface area contributed by atoms with Gasteiger partial charge in [-0.25, -0.2) is 0 Å². The first-order chi connectivity index (χ1) is 10.4. The lowest BCUT2D eigenvalue weighted by Gasteiger charge is -2.15. The van der Waals surface area contributed by atoms with Crippen LogP contribution in [0.4, 0.5) is 0 Å². The van der Waals surface area contributed by atoms with Crippen molar-refractivity contribution < 1.29 is 21.9 Å². The highest BCUT2D eigenvalue weighted by Crippen LogP contribution is 2.32. The number of halogens is 1. The molecule has 3 rings (SSSR count). The van der Waals surface area contributed by atoms with E-state index in [0.29, 0.717) is 12.6 Å². The summed E-state index contributed by atoms with van der Waals surface area (Å²) in [5.41, 5.74) is 2.31. The molecular formula is C18H21ClNO2-. The zero-order valence-electron chi connectivity index (χ0n) is 12.7. The molecule has 22 heavy (non-hydrogen) atoms. The number of para-hydroxylation sites is 1. The van der Waals surface area contributed by atoms with Crippen LogP contribution in [-0.2, 0) is 13.2 Å². The first-order valence-corrected chi connectivity index (χ1v) is 7.43. The standard InChI is InChI=1S/C18H21NO2.ClH/c1-20-17-9-5-8-15(12-19-16-10-11-16)18(17)21-13-14-6-3-2-4-7-14;/h2-9,16,19H,10-13H2,1H3;1H/p-1. The van der Waals surface area contributed by atoms with Crippen LogP contribution in [0.3, 0.4) is 0 Å². The molecule has 2 aromatic rings. The van der Waals surface area contributed by atoms with Gasteiger partial charge < -0.3 is 27.2 Å². The minimum Gasteiger partial charge on any atom is -1.00 e. The summed E-state index contributed by atoms with van der Waals surface area (Å²) in [7, 11) is 1.68. The summed E-state index contributed by atoms with van der Waals surface area (Å²) in [6.07, 6.45) is 2.56. The molecule has 0 aliphatic heterocycles. The van der Waals surface area contributed by atoms with E-state index in [1.54, 1.807) is 7.11 Å². The normalized spacial score (nSPS) is 13.3. The van der Waals surface area contributed by atoms with Crippen molar-refractivity contribution in [1.29, 1.82) is 0 Å². The minimum absolute atomic E-state index is 0. The maximum atomic E-state index is 6.03. The molecule has 0 aromatic heterocycles. The van der Waals surface area contributed by atoms with Crippen LogP contribution in [0.5, 0.6) is 11.5 Å². The first kappa shape index (κ1) is 16.7. The van der Waals surface area contributed by atoms with Crippen molar-refractivity contribution >= 4 is 0 Å². The highest BCUT2D eigenvalue weighted by molar-refractivity contribution is 5.46. The number of rotatable bonds is 7. The zero-order valence-corrected chi connectivity index (χ0v) is 13.5. The number of hydrogen-bond acceptors (Lipinski definition) is 3. The number of benzene rings is 2. The Hall–Kier alpha value is -1.71. The second-order valence-electron chi connectivity index (χ2n) is 5.38. The fraction of sp³-hybridized carbons (Fsp3) is 0.333. The van der Waals surface area contributed by atoms with Crippen LogP contribution in [0.25, 0.3) is 0 Å². The fourth-order valence-corrected chi connectivity index (χ4v) is 2.30. The van der Waals surface area contributed by atoms with Gasteiger partial charge in [0.25, 0.3) is 0 Å². The largest absolute Gasteiger partial charge is 1.00 e. The summed E-state index contributed by atoms with van der Waals surface area (Å²) < 4.78 is 11.5. The molecule has 0 bridgehead atoms. The van der Waals surface area contributed by atoms with Crippen molar-refractivity contribution in [2.24, 2.45) is 0 Å². The van der Waals surface area contributed by atoms with E-state index in [1.807, 2.05) is 30.3 Å². The summed E-state index contributed by atoms with van der Waals surface area (Å²) in [5, 5.41) is 3.53. The highest BCUT2D eigenvalue weighted by atomic mass is 35.5. The lowest BCUT2D eigenvalue weighted by molar-refractivity contribution is -0.00000484. The second-order valence-corrected chi connectivity index (χ2v) is 5.38. The van der Waals surface area contributed by atoms with Crippen LogP contribution in [0.1, 0.15) is 24.0 Å². The van der Waals surface area contributed by atoms with Gasteiger partial charge >= 0.3 is 0 Å². The fourth-order valence-electron chi connectivity index (χ4n) is 2.30.